The molecule has 4 saturated carbocycles. The highest BCUT2D eigenvalue weighted by atomic mass is 16.6. The summed E-state index contributed by atoms with van der Waals surface area (Å²) >= 11 is 0. The Labute approximate surface area is 209 Å². The summed E-state index contributed by atoms with van der Waals surface area (Å²) in [6.45, 7) is 1.79. The number of fused-ring (bicyclic) bond motifs is 1. The van der Waals surface area contributed by atoms with Gasteiger partial charge in [0.05, 0.1) is 14.2 Å². The SMILES string of the molecule is COc1ccc(C23CCC(OC(=O)NCC45CC6CC(CC(C6)C4)C5)=CC2N(C)CC3)cc1OC. The summed E-state index contributed by atoms with van der Waals surface area (Å²) in [5.74, 6) is 5.00. The lowest BCUT2D eigenvalue weighted by molar-refractivity contribution is -0.0506. The number of carbonyl (C=O) groups is 1. The number of likely N-dealkylation sites (tertiary alicyclic amines) is 1. The van der Waals surface area contributed by atoms with E-state index < -0.39 is 0 Å². The highest BCUT2D eigenvalue weighted by molar-refractivity contribution is 5.68. The van der Waals surface area contributed by atoms with E-state index in [0.717, 1.165) is 67.4 Å². The Bertz CT molecular complexity index is 985. The molecule has 1 aromatic carbocycles. The third-order valence-electron chi connectivity index (χ3n) is 10.1. The highest BCUT2D eigenvalue weighted by Gasteiger charge is 2.51. The number of rotatable bonds is 6. The molecule has 2 unspecified atom stereocenters. The van der Waals surface area contributed by atoms with Crippen LogP contribution in [0.15, 0.2) is 30.0 Å². The van der Waals surface area contributed by atoms with Crippen molar-refractivity contribution in [3.63, 3.8) is 0 Å². The Hall–Kier alpha value is -2.21. The molecule has 0 aromatic heterocycles. The average molecular weight is 481 g/mol. The summed E-state index contributed by atoms with van der Waals surface area (Å²) in [7, 11) is 5.52. The molecule has 5 fully saturated rings. The van der Waals surface area contributed by atoms with E-state index in [2.05, 4.69) is 35.5 Å². The van der Waals surface area contributed by atoms with Gasteiger partial charge in [0, 0.05) is 24.4 Å². The van der Waals surface area contributed by atoms with Crippen molar-refractivity contribution >= 4 is 6.09 Å². The van der Waals surface area contributed by atoms with Crippen LogP contribution in [0.25, 0.3) is 0 Å². The molecule has 1 aliphatic heterocycles. The zero-order chi connectivity index (χ0) is 24.2. The van der Waals surface area contributed by atoms with Crippen LogP contribution in [0.4, 0.5) is 4.79 Å². The van der Waals surface area contributed by atoms with Crippen LogP contribution < -0.4 is 14.8 Å². The maximum Gasteiger partial charge on any atom is 0.412 e. The van der Waals surface area contributed by atoms with E-state index in [1.807, 2.05) is 6.07 Å². The van der Waals surface area contributed by atoms with Crippen molar-refractivity contribution in [2.24, 2.45) is 23.2 Å². The van der Waals surface area contributed by atoms with Gasteiger partial charge >= 0.3 is 6.09 Å². The van der Waals surface area contributed by atoms with E-state index >= 15 is 0 Å². The second-order valence-electron chi connectivity index (χ2n) is 12.2. The first-order valence-electron chi connectivity index (χ1n) is 13.5. The normalized spacial score (nSPS) is 37.5. The second-order valence-corrected chi connectivity index (χ2v) is 12.2. The first kappa shape index (κ1) is 23.2. The summed E-state index contributed by atoms with van der Waals surface area (Å²) in [6.07, 6.45) is 12.9. The van der Waals surface area contributed by atoms with Crippen molar-refractivity contribution in [3.8, 4) is 11.5 Å². The van der Waals surface area contributed by atoms with Gasteiger partial charge in [-0.1, -0.05) is 6.07 Å². The van der Waals surface area contributed by atoms with Crippen LogP contribution in [0.5, 0.6) is 11.5 Å². The molecule has 1 N–H and O–H groups in total. The number of hydrogen-bond donors (Lipinski definition) is 1. The van der Waals surface area contributed by atoms with E-state index in [1.54, 1.807) is 14.2 Å². The average Bonchev–Trinajstić information content (AvgIpc) is 3.18. The van der Waals surface area contributed by atoms with Crippen LogP contribution >= 0.6 is 0 Å². The molecule has 5 aliphatic carbocycles. The van der Waals surface area contributed by atoms with Crippen LogP contribution in [0.3, 0.4) is 0 Å². The van der Waals surface area contributed by atoms with Crippen LogP contribution in [-0.4, -0.2) is 51.4 Å². The molecule has 7 rings (SSSR count). The van der Waals surface area contributed by atoms with E-state index in [-0.39, 0.29) is 17.6 Å². The second kappa shape index (κ2) is 8.72. The fourth-order valence-electron chi connectivity index (χ4n) is 8.86. The highest BCUT2D eigenvalue weighted by Crippen LogP contribution is 2.59. The number of nitrogens with one attached hydrogen (secondary N) is 1. The molecular weight excluding hydrogens is 440 g/mol. The minimum Gasteiger partial charge on any atom is -0.493 e. The van der Waals surface area contributed by atoms with Gasteiger partial charge in [-0.05, 0) is 112 Å². The Morgan fingerprint density at radius 2 is 1.71 bits per heavy atom. The van der Waals surface area contributed by atoms with Gasteiger partial charge < -0.3 is 19.5 Å². The Balaban J connectivity index is 1.14. The molecule has 0 radical (unpaired) electrons. The number of nitrogens with zero attached hydrogens (tertiary/aromatic N) is 1. The molecule has 1 aromatic rings. The van der Waals surface area contributed by atoms with Crippen LogP contribution in [0.1, 0.15) is 63.4 Å². The standard InChI is InChI=1S/C29H40N2O4/c1-31-9-8-29(22-4-5-24(33-2)25(13-22)34-3)7-6-23(14-26(29)31)35-27(32)30-18-28-15-19-10-20(16-28)12-21(11-19)17-28/h4-5,13-14,19-21,26H,6-12,15-18H2,1-3H3,(H,30,32). The zero-order valence-corrected chi connectivity index (χ0v) is 21.5. The number of amides is 1. The topological polar surface area (TPSA) is 60.0 Å². The maximum atomic E-state index is 12.9. The van der Waals surface area contributed by atoms with Gasteiger partial charge in [0.2, 0.25) is 0 Å². The number of likely N-dealkylation sites (N-methyl/N-ethyl adjacent to an activating group) is 1. The van der Waals surface area contributed by atoms with Crippen molar-refractivity contribution in [2.45, 2.75) is 69.2 Å². The number of hydrogen-bond acceptors (Lipinski definition) is 5. The quantitative estimate of drug-likeness (QED) is 0.601. The van der Waals surface area contributed by atoms with Gasteiger partial charge in [-0.15, -0.1) is 0 Å². The number of methoxy groups -OCH3 is 2. The first-order chi connectivity index (χ1) is 16.9. The van der Waals surface area contributed by atoms with Crippen LogP contribution in [-0.2, 0) is 10.2 Å². The summed E-state index contributed by atoms with van der Waals surface area (Å²) in [5, 5.41) is 3.18. The smallest absolute Gasteiger partial charge is 0.412 e. The Morgan fingerprint density at radius 1 is 1.03 bits per heavy atom. The molecule has 0 spiro atoms. The number of allylic oxidation sites excluding steroid dienone is 1. The largest absolute Gasteiger partial charge is 0.493 e. The fourth-order valence-corrected chi connectivity index (χ4v) is 8.86. The summed E-state index contributed by atoms with van der Waals surface area (Å²) < 4.78 is 17.0. The van der Waals surface area contributed by atoms with Crippen molar-refractivity contribution < 1.29 is 19.0 Å². The zero-order valence-electron chi connectivity index (χ0n) is 21.5. The molecular formula is C29H40N2O4. The molecule has 6 heteroatoms. The van der Waals surface area contributed by atoms with Crippen molar-refractivity contribution in [3.05, 3.63) is 35.6 Å². The van der Waals surface area contributed by atoms with Crippen molar-refractivity contribution in [2.75, 3.05) is 34.4 Å². The van der Waals surface area contributed by atoms with Gasteiger partial charge in [0.15, 0.2) is 11.5 Å². The minimum absolute atomic E-state index is 0.00314. The van der Waals surface area contributed by atoms with E-state index in [4.69, 9.17) is 14.2 Å². The molecule has 1 heterocycles. The molecule has 35 heavy (non-hydrogen) atoms. The summed E-state index contributed by atoms with van der Waals surface area (Å²) in [5.41, 5.74) is 1.59. The van der Waals surface area contributed by atoms with E-state index in [1.165, 1.54) is 44.1 Å². The predicted molar refractivity (Wildman–Crippen MR) is 135 cm³/mol. The fraction of sp³-hybridized carbons (Fsp3) is 0.690. The van der Waals surface area contributed by atoms with Gasteiger partial charge in [0.25, 0.3) is 0 Å². The Kier molecular flexibility index (Phi) is 5.78. The third kappa shape index (κ3) is 4.02. The number of benzene rings is 1. The van der Waals surface area contributed by atoms with Gasteiger partial charge in [0.1, 0.15) is 5.76 Å². The van der Waals surface area contributed by atoms with E-state index in [0.29, 0.717) is 5.41 Å². The molecule has 190 valence electrons. The Morgan fingerprint density at radius 3 is 2.37 bits per heavy atom. The lowest BCUT2D eigenvalue weighted by atomic mass is 9.49. The molecule has 6 nitrogen and oxygen atoms in total. The predicted octanol–water partition coefficient (Wildman–Crippen LogP) is 5.27. The monoisotopic (exact) mass is 480 g/mol. The lowest BCUT2D eigenvalue weighted by Crippen LogP contribution is -2.51. The van der Waals surface area contributed by atoms with Gasteiger partial charge in [-0.25, -0.2) is 4.79 Å². The molecule has 4 bridgehead atoms. The third-order valence-corrected chi connectivity index (χ3v) is 10.1. The lowest BCUT2D eigenvalue weighted by Gasteiger charge is -2.56. The number of ether oxygens (including phenoxy) is 3. The van der Waals surface area contributed by atoms with E-state index in [9.17, 15) is 4.79 Å². The summed E-state index contributed by atoms with van der Waals surface area (Å²) in [6, 6.07) is 6.50. The van der Waals surface area contributed by atoms with Crippen molar-refractivity contribution in [1.82, 2.24) is 10.2 Å². The molecule has 2 atom stereocenters. The number of carbonyl (C=O) groups excluding carboxylic acids is 1. The molecule has 6 aliphatic rings. The summed E-state index contributed by atoms with van der Waals surface area (Å²) in [4.78, 5) is 15.2. The first-order valence-corrected chi connectivity index (χ1v) is 13.5. The van der Waals surface area contributed by atoms with Gasteiger partial charge in [-0.2, -0.15) is 0 Å². The van der Waals surface area contributed by atoms with Crippen molar-refractivity contribution in [1.29, 1.82) is 0 Å². The minimum atomic E-state index is -0.272. The molecule has 1 saturated heterocycles. The molecule has 1 amide bonds. The van der Waals surface area contributed by atoms with Gasteiger partial charge in [-0.3, -0.25) is 4.90 Å². The van der Waals surface area contributed by atoms with Crippen LogP contribution in [0.2, 0.25) is 0 Å². The number of alkyl carbamates (subject to hydrolysis) is 1. The maximum absolute atomic E-state index is 12.9. The van der Waals surface area contributed by atoms with Crippen LogP contribution in [0, 0.1) is 23.2 Å².